The van der Waals surface area contributed by atoms with Crippen molar-refractivity contribution < 1.29 is 130 Å². The van der Waals surface area contributed by atoms with Crippen molar-refractivity contribution in [2.75, 3.05) is 98.8 Å². The van der Waals surface area contributed by atoms with Crippen molar-refractivity contribution in [3.8, 4) is 0 Å². The lowest BCUT2D eigenvalue weighted by molar-refractivity contribution is -0.137. The second kappa shape index (κ2) is 54.1. The van der Waals surface area contributed by atoms with Crippen LogP contribution >= 0.6 is 0 Å². The molecule has 31 nitrogen and oxygen atoms in total. The molecule has 31 heteroatoms. The molecule has 0 rings (SSSR count). The number of carbonyl (C=O) groups excluding carboxylic acids is 5. The lowest BCUT2D eigenvalue weighted by Crippen LogP contribution is -2.45. The Balaban J connectivity index is -0.000000132. The summed E-state index contributed by atoms with van der Waals surface area (Å²) in [7, 11) is 0. The van der Waals surface area contributed by atoms with Gasteiger partial charge in [0.15, 0.2) is 0 Å². The summed E-state index contributed by atoms with van der Waals surface area (Å²) in [5.74, 6) is -5.08. The van der Waals surface area contributed by atoms with Gasteiger partial charge in [0.25, 0.3) is 17.9 Å². The highest BCUT2D eigenvalue weighted by Crippen LogP contribution is 2.22. The van der Waals surface area contributed by atoms with E-state index in [9.17, 15) is 49.5 Å². The van der Waals surface area contributed by atoms with Crippen LogP contribution in [0.2, 0.25) is 0 Å². The molecule has 5 atom stereocenters. The zero-order valence-electron chi connectivity index (χ0n) is 50.3. The maximum absolute atomic E-state index is 11.3. The number of amides is 5. The molecule has 0 fully saturated rings. The minimum Gasteiger partial charge on any atom is -0.481 e. The van der Waals surface area contributed by atoms with E-state index in [0.717, 1.165) is 20.8 Å². The van der Waals surface area contributed by atoms with E-state index in [0.29, 0.717) is 64.8 Å². The molecule has 0 spiro atoms. The van der Waals surface area contributed by atoms with Gasteiger partial charge in [-0.25, -0.2) is 0 Å². The van der Waals surface area contributed by atoms with Gasteiger partial charge in [-0.05, 0) is 32.1 Å². The zero-order valence-corrected chi connectivity index (χ0v) is 50.3. The summed E-state index contributed by atoms with van der Waals surface area (Å²) < 4.78 is 0. The summed E-state index contributed by atoms with van der Waals surface area (Å²) in [5, 5.41) is 169. The Labute approximate surface area is 481 Å². The summed E-state index contributed by atoms with van der Waals surface area (Å²) in [4.78, 5) is 83.3. The molecule has 0 bridgehead atoms. The Morgan fingerprint density at radius 2 is 0.378 bits per heavy atom. The average molecular weight is 1210 g/mol. The normalized spacial score (nSPS) is 12.7. The SMILES string of the molecule is CC(=O)O.CC(=O)O.CC(=O)O.CC(C)(CO)[C@@H](O)C(=O)NCCCO.CC(C)(CO)[C@@H](O)C(=O)NCCCO.CC(C)(CO)[C@@H](O)C(=O)NCCCO.CC(C)(CO)[C@@H](O)C(=O)NCCCO.CC(C)(CO)[C@@H](O)C(=O)NCCCO. The van der Waals surface area contributed by atoms with Gasteiger partial charge in [-0.3, -0.25) is 38.4 Å². The van der Waals surface area contributed by atoms with Crippen molar-refractivity contribution in [2.45, 2.75) is 153 Å². The fourth-order valence-corrected chi connectivity index (χ4v) is 4.14. The van der Waals surface area contributed by atoms with E-state index in [-0.39, 0.29) is 66.1 Å². The van der Waals surface area contributed by atoms with Crippen molar-refractivity contribution in [2.24, 2.45) is 27.1 Å². The van der Waals surface area contributed by atoms with Crippen LogP contribution < -0.4 is 26.6 Å². The van der Waals surface area contributed by atoms with E-state index >= 15 is 0 Å². The molecule has 0 saturated carbocycles. The Hall–Kier alpha value is -4.84. The number of aliphatic carboxylic acids is 3. The molecule has 0 radical (unpaired) electrons. The summed E-state index contributed by atoms with van der Waals surface area (Å²) in [6, 6.07) is 0. The van der Waals surface area contributed by atoms with Crippen LogP contribution in [0.25, 0.3) is 0 Å². The van der Waals surface area contributed by atoms with Crippen LogP contribution in [0.15, 0.2) is 0 Å². The molecule has 0 unspecified atom stereocenters. The molecular formula is C51H107N5O26. The molecule has 0 aromatic carbocycles. The number of aliphatic hydroxyl groups excluding tert-OH is 15. The smallest absolute Gasteiger partial charge is 0.300 e. The first kappa shape index (κ1) is 93.6. The van der Waals surface area contributed by atoms with Gasteiger partial charge in [-0.2, -0.15) is 0 Å². The second-order valence-electron chi connectivity index (χ2n) is 21.1. The van der Waals surface area contributed by atoms with Crippen molar-refractivity contribution in [3.05, 3.63) is 0 Å². The number of nitrogens with one attached hydrogen (secondary N) is 5. The van der Waals surface area contributed by atoms with Gasteiger partial charge in [-0.1, -0.05) is 69.2 Å². The Bertz CT molecular complexity index is 1400. The highest BCUT2D eigenvalue weighted by molar-refractivity contribution is 5.83. The highest BCUT2D eigenvalue weighted by atomic mass is 16.4. The molecule has 0 aliphatic heterocycles. The van der Waals surface area contributed by atoms with E-state index in [1.165, 1.54) is 0 Å². The topological polar surface area (TPSA) is 561 Å². The molecule has 0 aliphatic rings. The van der Waals surface area contributed by atoms with Crippen molar-refractivity contribution in [1.29, 1.82) is 0 Å². The highest BCUT2D eigenvalue weighted by Gasteiger charge is 2.36. The molecule has 0 saturated heterocycles. The average Bonchev–Trinajstić information content (AvgIpc) is 3.39. The summed E-state index contributed by atoms with van der Waals surface area (Å²) >= 11 is 0. The third-order valence-corrected chi connectivity index (χ3v) is 10.2. The van der Waals surface area contributed by atoms with Crippen LogP contribution in [-0.4, -0.2) is 269 Å². The van der Waals surface area contributed by atoms with Crippen molar-refractivity contribution in [1.82, 2.24) is 26.6 Å². The van der Waals surface area contributed by atoms with E-state index in [2.05, 4.69) is 26.6 Å². The van der Waals surface area contributed by atoms with Gasteiger partial charge in [-0.15, -0.1) is 0 Å². The predicted molar refractivity (Wildman–Crippen MR) is 298 cm³/mol. The van der Waals surface area contributed by atoms with E-state index in [1.807, 2.05) is 0 Å². The Kier molecular flexibility index (Phi) is 61.8. The van der Waals surface area contributed by atoms with Crippen LogP contribution in [0.3, 0.4) is 0 Å². The van der Waals surface area contributed by atoms with E-state index < -0.39 is 105 Å². The quantitative estimate of drug-likeness (QED) is 0.0299. The minimum absolute atomic E-state index is 0.000230. The van der Waals surface area contributed by atoms with Gasteiger partial charge in [0.2, 0.25) is 29.5 Å². The van der Waals surface area contributed by atoms with E-state index in [1.54, 1.807) is 69.2 Å². The first-order valence-electron chi connectivity index (χ1n) is 25.9. The Morgan fingerprint density at radius 3 is 0.451 bits per heavy atom. The number of aliphatic hydroxyl groups is 15. The fourth-order valence-electron chi connectivity index (χ4n) is 4.14. The summed E-state index contributed by atoms with van der Waals surface area (Å²) in [6.45, 7) is 19.6. The van der Waals surface area contributed by atoms with Crippen LogP contribution in [0.1, 0.15) is 122 Å². The molecule has 23 N–H and O–H groups in total. The maximum atomic E-state index is 11.3. The van der Waals surface area contributed by atoms with Crippen LogP contribution in [0.5, 0.6) is 0 Å². The number of carboxylic acid groups (broad SMARTS) is 3. The molecule has 492 valence electrons. The van der Waals surface area contributed by atoms with Gasteiger partial charge in [0.1, 0.15) is 30.5 Å². The fraction of sp³-hybridized carbons (Fsp3) is 0.843. The monoisotopic (exact) mass is 1210 g/mol. The van der Waals surface area contributed by atoms with Crippen LogP contribution in [0.4, 0.5) is 0 Å². The molecule has 0 aromatic heterocycles. The standard InChI is InChI=1S/5C9H19NO4.3C2H4O2/c5*1-9(2,6-12)7(13)8(14)10-4-3-5-11;3*1-2(3)4/h5*7,11-13H,3-6H2,1-2H3,(H,10,14);3*1H3,(H,3,4)/t5*7-;;;/m00000.../s1. The predicted octanol–water partition coefficient (Wildman–Crippen LogP) is -5.41. The number of carboxylic acids is 3. The van der Waals surface area contributed by atoms with Crippen molar-refractivity contribution >= 4 is 47.4 Å². The zero-order chi connectivity index (χ0) is 66.7. The molecule has 5 amide bonds. The first-order valence-corrected chi connectivity index (χ1v) is 25.9. The van der Waals surface area contributed by atoms with Gasteiger partial charge < -0.3 is 119 Å². The molecule has 0 aromatic rings. The van der Waals surface area contributed by atoms with Gasteiger partial charge in [0, 0.05) is 114 Å². The number of hydrogen-bond acceptors (Lipinski definition) is 23. The number of rotatable bonds is 30. The lowest BCUT2D eigenvalue weighted by atomic mass is 9.87. The third-order valence-electron chi connectivity index (χ3n) is 10.2. The minimum atomic E-state index is -1.23. The van der Waals surface area contributed by atoms with Crippen LogP contribution in [0, 0.1) is 27.1 Å². The number of hydrogen-bond donors (Lipinski definition) is 23. The van der Waals surface area contributed by atoms with Gasteiger partial charge in [0.05, 0.1) is 33.0 Å². The number of carbonyl (C=O) groups is 8. The first-order chi connectivity index (χ1) is 37.5. The Morgan fingerprint density at radius 1 is 0.280 bits per heavy atom. The molecule has 82 heavy (non-hydrogen) atoms. The molecule has 0 aliphatic carbocycles. The van der Waals surface area contributed by atoms with E-state index in [4.69, 9.17) is 80.8 Å². The molecular weight excluding hydrogens is 1100 g/mol. The summed E-state index contributed by atoms with van der Waals surface area (Å²) in [5.41, 5.74) is -4.22. The summed E-state index contributed by atoms with van der Waals surface area (Å²) in [6.07, 6.45) is -3.87. The van der Waals surface area contributed by atoms with Gasteiger partial charge >= 0.3 is 0 Å². The second-order valence-corrected chi connectivity index (χ2v) is 21.1. The van der Waals surface area contributed by atoms with Crippen LogP contribution in [-0.2, 0) is 38.4 Å². The third kappa shape index (κ3) is 57.0. The van der Waals surface area contributed by atoms with Crippen molar-refractivity contribution in [3.63, 3.8) is 0 Å². The maximum Gasteiger partial charge on any atom is 0.300 e. The lowest BCUT2D eigenvalue weighted by Gasteiger charge is -2.27. The largest absolute Gasteiger partial charge is 0.481 e. The molecule has 0 heterocycles.